The molecule has 1 fully saturated rings. The van der Waals surface area contributed by atoms with Crippen LogP contribution in [-0.4, -0.2) is 11.6 Å². The second-order valence-corrected chi connectivity index (χ2v) is 4.76. The van der Waals surface area contributed by atoms with Crippen LogP contribution >= 0.6 is 0 Å². The molecule has 1 aliphatic heterocycles. The summed E-state index contributed by atoms with van der Waals surface area (Å²) in [5.41, 5.74) is 1.36. The van der Waals surface area contributed by atoms with E-state index in [2.05, 4.69) is 19.2 Å². The van der Waals surface area contributed by atoms with Gasteiger partial charge in [-0.25, -0.2) is 4.39 Å². The Morgan fingerprint density at radius 2 is 2.21 bits per heavy atom. The van der Waals surface area contributed by atoms with Gasteiger partial charge < -0.3 is 5.32 Å². The highest BCUT2D eigenvalue weighted by Gasteiger charge is 2.34. The van der Waals surface area contributed by atoms with Gasteiger partial charge >= 0.3 is 0 Å². The van der Waals surface area contributed by atoms with Crippen molar-refractivity contribution in [1.82, 2.24) is 5.32 Å². The minimum absolute atomic E-state index is 0.138. The summed E-state index contributed by atoms with van der Waals surface area (Å²) in [7, 11) is 0. The molecule has 0 bridgehead atoms. The van der Waals surface area contributed by atoms with Crippen molar-refractivity contribution in [3.63, 3.8) is 0 Å². The third kappa shape index (κ3) is 2.13. The van der Waals surface area contributed by atoms with E-state index in [9.17, 15) is 4.39 Å². The molecule has 0 radical (unpaired) electrons. The van der Waals surface area contributed by atoms with Crippen LogP contribution in [0.25, 0.3) is 0 Å². The van der Waals surface area contributed by atoms with Crippen molar-refractivity contribution in [1.29, 1.82) is 0 Å². The second kappa shape index (κ2) is 3.35. The molecule has 1 saturated heterocycles. The van der Waals surface area contributed by atoms with Crippen LogP contribution in [0.1, 0.15) is 25.8 Å². The van der Waals surface area contributed by atoms with Crippen LogP contribution in [0, 0.1) is 5.82 Å². The molecule has 2 heteroatoms. The van der Waals surface area contributed by atoms with Crippen LogP contribution in [0.5, 0.6) is 0 Å². The summed E-state index contributed by atoms with van der Waals surface area (Å²) in [6.07, 6.45) is 2.10. The normalized spacial score (nSPS) is 24.4. The van der Waals surface area contributed by atoms with Crippen LogP contribution < -0.4 is 5.32 Å². The average Bonchev–Trinajstić information content (AvgIpc) is 2.00. The number of halogens is 1. The third-order valence-corrected chi connectivity index (χ3v) is 2.72. The van der Waals surface area contributed by atoms with Crippen molar-refractivity contribution in [2.24, 2.45) is 0 Å². The summed E-state index contributed by atoms with van der Waals surface area (Å²) < 4.78 is 12.9. The summed E-state index contributed by atoms with van der Waals surface area (Å²) in [6, 6.07) is 7.38. The Bertz CT molecular complexity index is 325. The fraction of sp³-hybridized carbons (Fsp3) is 0.500. The van der Waals surface area contributed by atoms with Gasteiger partial charge in [0, 0.05) is 11.6 Å². The SMILES string of the molecule is CC1(C)C[C@H](Cc2cccc(F)c2)N1. The van der Waals surface area contributed by atoms with Gasteiger partial charge in [-0.05, 0) is 44.4 Å². The van der Waals surface area contributed by atoms with Crippen LogP contribution in [-0.2, 0) is 6.42 Å². The maximum Gasteiger partial charge on any atom is 0.123 e. The quantitative estimate of drug-likeness (QED) is 0.761. The van der Waals surface area contributed by atoms with E-state index in [0.29, 0.717) is 6.04 Å². The molecule has 0 spiro atoms. The Morgan fingerprint density at radius 1 is 1.50 bits per heavy atom. The smallest absolute Gasteiger partial charge is 0.123 e. The lowest BCUT2D eigenvalue weighted by molar-refractivity contribution is 0.175. The Labute approximate surface area is 84.3 Å². The molecule has 14 heavy (non-hydrogen) atoms. The van der Waals surface area contributed by atoms with Gasteiger partial charge in [0.25, 0.3) is 0 Å². The van der Waals surface area contributed by atoms with Crippen molar-refractivity contribution in [3.8, 4) is 0 Å². The molecule has 1 aromatic carbocycles. The van der Waals surface area contributed by atoms with Gasteiger partial charge in [0.2, 0.25) is 0 Å². The fourth-order valence-electron chi connectivity index (χ4n) is 2.22. The molecule has 0 unspecified atom stereocenters. The first kappa shape index (κ1) is 9.66. The molecule has 1 atom stereocenters. The predicted octanol–water partition coefficient (Wildman–Crippen LogP) is 2.51. The maximum absolute atomic E-state index is 12.9. The molecule has 1 aromatic rings. The van der Waals surface area contributed by atoms with Crippen LogP contribution in [0.3, 0.4) is 0 Å². The lowest BCUT2D eigenvalue weighted by atomic mass is 9.82. The monoisotopic (exact) mass is 193 g/mol. The molecule has 1 nitrogen and oxygen atoms in total. The van der Waals surface area contributed by atoms with Gasteiger partial charge in [0.15, 0.2) is 0 Å². The molecule has 0 aliphatic carbocycles. The van der Waals surface area contributed by atoms with Gasteiger partial charge in [-0.2, -0.15) is 0 Å². The van der Waals surface area contributed by atoms with E-state index < -0.39 is 0 Å². The standard InChI is InChI=1S/C12H16FN/c1-12(2)8-11(14-12)7-9-4-3-5-10(13)6-9/h3-6,11,14H,7-8H2,1-2H3/t11-/m0/s1. The highest BCUT2D eigenvalue weighted by molar-refractivity contribution is 5.19. The molecular weight excluding hydrogens is 177 g/mol. The summed E-state index contributed by atoms with van der Waals surface area (Å²) in [5.74, 6) is -0.138. The predicted molar refractivity (Wildman–Crippen MR) is 55.7 cm³/mol. The second-order valence-electron chi connectivity index (χ2n) is 4.76. The van der Waals surface area contributed by atoms with E-state index in [1.807, 2.05) is 6.07 Å². The summed E-state index contributed by atoms with van der Waals surface area (Å²) >= 11 is 0. The number of rotatable bonds is 2. The Hall–Kier alpha value is -0.890. The van der Waals surface area contributed by atoms with Crippen LogP contribution in [0.4, 0.5) is 4.39 Å². The van der Waals surface area contributed by atoms with Crippen molar-refractivity contribution in [3.05, 3.63) is 35.6 Å². The van der Waals surface area contributed by atoms with Gasteiger partial charge in [0.05, 0.1) is 0 Å². The van der Waals surface area contributed by atoms with Crippen LogP contribution in [0.15, 0.2) is 24.3 Å². The van der Waals surface area contributed by atoms with Crippen molar-refractivity contribution in [2.45, 2.75) is 38.3 Å². The topological polar surface area (TPSA) is 12.0 Å². The molecule has 0 saturated carbocycles. The van der Waals surface area contributed by atoms with E-state index in [1.54, 1.807) is 12.1 Å². The van der Waals surface area contributed by atoms with Gasteiger partial charge in [-0.15, -0.1) is 0 Å². The molecule has 0 aromatic heterocycles. The van der Waals surface area contributed by atoms with E-state index in [0.717, 1.165) is 12.0 Å². The van der Waals surface area contributed by atoms with Gasteiger partial charge in [-0.3, -0.25) is 0 Å². The van der Waals surface area contributed by atoms with Crippen LogP contribution in [0.2, 0.25) is 0 Å². The summed E-state index contributed by atoms with van der Waals surface area (Å²) in [6.45, 7) is 4.38. The Morgan fingerprint density at radius 3 is 2.79 bits per heavy atom. The highest BCUT2D eigenvalue weighted by atomic mass is 19.1. The zero-order chi connectivity index (χ0) is 10.2. The van der Waals surface area contributed by atoms with E-state index in [4.69, 9.17) is 0 Å². The average molecular weight is 193 g/mol. The lowest BCUT2D eigenvalue weighted by Crippen LogP contribution is -2.60. The Balaban J connectivity index is 1.93. The first-order valence-corrected chi connectivity index (χ1v) is 5.07. The molecule has 1 N–H and O–H groups in total. The van der Waals surface area contributed by atoms with Gasteiger partial charge in [0.1, 0.15) is 5.82 Å². The van der Waals surface area contributed by atoms with Crippen molar-refractivity contribution in [2.75, 3.05) is 0 Å². The lowest BCUT2D eigenvalue weighted by Gasteiger charge is -2.44. The van der Waals surface area contributed by atoms with Crippen molar-refractivity contribution < 1.29 is 4.39 Å². The zero-order valence-corrected chi connectivity index (χ0v) is 8.68. The molecular formula is C12H16FN. The number of nitrogens with one attached hydrogen (secondary N) is 1. The first-order valence-electron chi connectivity index (χ1n) is 5.07. The molecule has 2 rings (SSSR count). The largest absolute Gasteiger partial charge is 0.309 e. The number of benzene rings is 1. The molecule has 1 aliphatic rings. The summed E-state index contributed by atoms with van der Waals surface area (Å²) in [4.78, 5) is 0. The minimum atomic E-state index is -0.138. The fourth-order valence-corrected chi connectivity index (χ4v) is 2.22. The third-order valence-electron chi connectivity index (χ3n) is 2.72. The highest BCUT2D eigenvalue weighted by Crippen LogP contribution is 2.25. The zero-order valence-electron chi connectivity index (χ0n) is 8.68. The number of hydrogen-bond acceptors (Lipinski definition) is 1. The van der Waals surface area contributed by atoms with Crippen molar-refractivity contribution >= 4 is 0 Å². The van der Waals surface area contributed by atoms with E-state index >= 15 is 0 Å². The molecule has 1 heterocycles. The molecule has 76 valence electrons. The maximum atomic E-state index is 12.9. The molecule has 0 amide bonds. The Kier molecular flexibility index (Phi) is 2.31. The van der Waals surface area contributed by atoms with E-state index in [1.165, 1.54) is 12.5 Å². The van der Waals surface area contributed by atoms with Gasteiger partial charge in [-0.1, -0.05) is 12.1 Å². The summed E-state index contributed by atoms with van der Waals surface area (Å²) in [5, 5.41) is 3.46. The first-order chi connectivity index (χ1) is 6.55. The minimum Gasteiger partial charge on any atom is -0.309 e. The number of hydrogen-bond donors (Lipinski definition) is 1. The van der Waals surface area contributed by atoms with E-state index in [-0.39, 0.29) is 11.4 Å².